The van der Waals surface area contributed by atoms with Crippen LogP contribution in [0.2, 0.25) is 0 Å². The summed E-state index contributed by atoms with van der Waals surface area (Å²) in [7, 11) is 0. The van der Waals surface area contributed by atoms with Gasteiger partial charge in [-0.15, -0.1) is 0 Å². The molecule has 4 N–H and O–H groups in total. The molecule has 1 aliphatic heterocycles. The van der Waals surface area contributed by atoms with E-state index in [4.69, 9.17) is 10.5 Å². The molecule has 29 heavy (non-hydrogen) atoms. The molecule has 0 amide bonds. The van der Waals surface area contributed by atoms with E-state index < -0.39 is 0 Å². The summed E-state index contributed by atoms with van der Waals surface area (Å²) in [5.41, 5.74) is 12.4. The van der Waals surface area contributed by atoms with Crippen LogP contribution in [0.1, 0.15) is 5.56 Å². The summed E-state index contributed by atoms with van der Waals surface area (Å²) in [5, 5.41) is 7.33. The number of nitrogens with zero attached hydrogens (tertiary/aromatic N) is 4. The van der Waals surface area contributed by atoms with Gasteiger partial charge in [0.2, 0.25) is 11.8 Å². The van der Waals surface area contributed by atoms with Crippen LogP contribution in [0.25, 0.3) is 22.0 Å². The maximum absolute atomic E-state index is 6.31. The summed E-state index contributed by atoms with van der Waals surface area (Å²) < 4.78 is 5.63. The minimum absolute atomic E-state index is 0.484. The van der Waals surface area contributed by atoms with E-state index in [0.29, 0.717) is 24.1 Å². The van der Waals surface area contributed by atoms with Gasteiger partial charge in [0.1, 0.15) is 12.3 Å². The molecule has 0 spiro atoms. The predicted molar refractivity (Wildman–Crippen MR) is 113 cm³/mol. The molecular formula is C21H19N7O. The van der Waals surface area contributed by atoms with Crippen molar-refractivity contribution in [2.24, 2.45) is 0 Å². The number of nitrogens with one attached hydrogen (secondary N) is 2. The Balaban J connectivity index is 1.58. The van der Waals surface area contributed by atoms with Crippen LogP contribution in [-0.4, -0.2) is 33.1 Å². The van der Waals surface area contributed by atoms with Gasteiger partial charge in [0.15, 0.2) is 0 Å². The molecule has 0 saturated heterocycles. The van der Waals surface area contributed by atoms with Crippen LogP contribution in [0, 0.1) is 6.92 Å². The normalized spacial score (nSPS) is 12.7. The minimum Gasteiger partial charge on any atom is -0.474 e. The van der Waals surface area contributed by atoms with E-state index in [1.807, 2.05) is 37.4 Å². The highest BCUT2D eigenvalue weighted by atomic mass is 16.5. The second kappa shape index (κ2) is 6.90. The average Bonchev–Trinajstić information content (AvgIpc) is 2.75. The molecule has 0 atom stereocenters. The third-order valence-corrected chi connectivity index (χ3v) is 4.91. The first-order valence-corrected chi connectivity index (χ1v) is 9.29. The van der Waals surface area contributed by atoms with Crippen molar-refractivity contribution < 1.29 is 4.74 Å². The van der Waals surface area contributed by atoms with Crippen LogP contribution < -0.4 is 21.1 Å². The quantitative estimate of drug-likeness (QED) is 0.459. The summed E-state index contributed by atoms with van der Waals surface area (Å²) in [6.45, 7) is 3.42. The number of hydrogen-bond donors (Lipinski definition) is 3. The molecule has 0 saturated carbocycles. The standard InChI is InChI=1S/C21H19N7O/c1-12-15(10-25-20-19(12)24-5-6-29-20)13-7-17(22)16-11-26-21(28-18(16)8-13)27-14-3-2-4-23-9-14/h2-4,7-11,24H,5-6,22H2,1H3,(H,26,27,28). The van der Waals surface area contributed by atoms with Gasteiger partial charge in [-0.2, -0.15) is 0 Å². The maximum Gasteiger partial charge on any atom is 0.237 e. The van der Waals surface area contributed by atoms with Gasteiger partial charge in [-0.25, -0.2) is 15.0 Å². The molecule has 0 aliphatic carbocycles. The fourth-order valence-electron chi connectivity index (χ4n) is 3.46. The summed E-state index contributed by atoms with van der Waals surface area (Å²) in [4.78, 5) is 17.6. The lowest BCUT2D eigenvalue weighted by Crippen LogP contribution is -2.20. The highest BCUT2D eigenvalue weighted by Gasteiger charge is 2.18. The highest BCUT2D eigenvalue weighted by molar-refractivity contribution is 5.95. The summed E-state index contributed by atoms with van der Waals surface area (Å²) >= 11 is 0. The topological polar surface area (TPSA) is 111 Å². The molecule has 0 bridgehead atoms. The monoisotopic (exact) mass is 385 g/mol. The van der Waals surface area contributed by atoms with E-state index in [-0.39, 0.29) is 0 Å². The zero-order valence-corrected chi connectivity index (χ0v) is 15.8. The van der Waals surface area contributed by atoms with E-state index in [0.717, 1.165) is 45.5 Å². The number of anilines is 4. The molecular weight excluding hydrogens is 366 g/mol. The molecule has 1 aliphatic rings. The molecule has 4 heterocycles. The van der Waals surface area contributed by atoms with Crippen LogP contribution in [0.3, 0.4) is 0 Å². The van der Waals surface area contributed by atoms with Gasteiger partial charge in [-0.1, -0.05) is 0 Å². The number of ether oxygens (including phenoxy) is 1. The number of pyridine rings is 2. The van der Waals surface area contributed by atoms with Crippen LogP contribution in [0.4, 0.5) is 23.0 Å². The molecule has 0 radical (unpaired) electrons. The Bertz CT molecular complexity index is 1210. The average molecular weight is 385 g/mol. The second-order valence-electron chi connectivity index (χ2n) is 6.81. The molecule has 4 aromatic rings. The number of aromatic nitrogens is 4. The number of nitrogens with two attached hydrogens (primary N) is 1. The lowest BCUT2D eigenvalue weighted by atomic mass is 9.99. The van der Waals surface area contributed by atoms with Gasteiger partial charge in [0.05, 0.1) is 17.4 Å². The number of benzene rings is 1. The molecule has 5 rings (SSSR count). The van der Waals surface area contributed by atoms with Crippen molar-refractivity contribution in [3.8, 4) is 17.0 Å². The largest absolute Gasteiger partial charge is 0.474 e. The number of nitrogen functional groups attached to an aromatic ring is 1. The molecule has 144 valence electrons. The van der Waals surface area contributed by atoms with Gasteiger partial charge in [-0.3, -0.25) is 4.98 Å². The van der Waals surface area contributed by atoms with Crippen molar-refractivity contribution >= 4 is 33.9 Å². The molecule has 0 fully saturated rings. The van der Waals surface area contributed by atoms with E-state index in [9.17, 15) is 0 Å². The highest BCUT2D eigenvalue weighted by Crippen LogP contribution is 2.37. The summed E-state index contributed by atoms with van der Waals surface area (Å²) in [6.07, 6.45) is 6.98. The third-order valence-electron chi connectivity index (χ3n) is 4.91. The van der Waals surface area contributed by atoms with E-state index >= 15 is 0 Å². The minimum atomic E-state index is 0.484. The number of hydrogen-bond acceptors (Lipinski definition) is 8. The zero-order valence-electron chi connectivity index (χ0n) is 15.8. The fraction of sp³-hybridized carbons (Fsp3) is 0.143. The Morgan fingerprint density at radius 2 is 2.10 bits per heavy atom. The van der Waals surface area contributed by atoms with Crippen molar-refractivity contribution in [2.75, 3.05) is 29.5 Å². The van der Waals surface area contributed by atoms with Gasteiger partial charge in [-0.05, 0) is 42.3 Å². The number of fused-ring (bicyclic) bond motifs is 2. The van der Waals surface area contributed by atoms with Crippen molar-refractivity contribution in [2.45, 2.75) is 6.92 Å². The van der Waals surface area contributed by atoms with Gasteiger partial charge in [0, 0.05) is 41.8 Å². The van der Waals surface area contributed by atoms with Crippen molar-refractivity contribution in [1.29, 1.82) is 0 Å². The molecule has 8 heteroatoms. The van der Waals surface area contributed by atoms with E-state index in [1.54, 1.807) is 18.6 Å². The van der Waals surface area contributed by atoms with Crippen molar-refractivity contribution in [3.05, 3.63) is 54.6 Å². The van der Waals surface area contributed by atoms with Gasteiger partial charge >= 0.3 is 0 Å². The van der Waals surface area contributed by atoms with Crippen molar-refractivity contribution in [1.82, 2.24) is 19.9 Å². The summed E-state index contributed by atoms with van der Waals surface area (Å²) in [6, 6.07) is 7.69. The fourth-order valence-corrected chi connectivity index (χ4v) is 3.46. The lowest BCUT2D eigenvalue weighted by molar-refractivity contribution is 0.310. The molecule has 0 unspecified atom stereocenters. The number of rotatable bonds is 3. The van der Waals surface area contributed by atoms with Crippen LogP contribution >= 0.6 is 0 Å². The van der Waals surface area contributed by atoms with E-state index in [2.05, 4.69) is 30.6 Å². The third kappa shape index (κ3) is 3.14. The Labute approximate surface area is 167 Å². The Morgan fingerprint density at radius 3 is 2.97 bits per heavy atom. The predicted octanol–water partition coefficient (Wildman–Crippen LogP) is 3.53. The Kier molecular flexibility index (Phi) is 4.09. The molecule has 1 aromatic carbocycles. The molecule has 8 nitrogen and oxygen atoms in total. The summed E-state index contributed by atoms with van der Waals surface area (Å²) in [5.74, 6) is 1.12. The second-order valence-corrected chi connectivity index (χ2v) is 6.81. The molecule has 3 aromatic heterocycles. The van der Waals surface area contributed by atoms with Gasteiger partial charge < -0.3 is 21.1 Å². The van der Waals surface area contributed by atoms with Crippen LogP contribution in [-0.2, 0) is 0 Å². The van der Waals surface area contributed by atoms with Crippen molar-refractivity contribution in [3.63, 3.8) is 0 Å². The van der Waals surface area contributed by atoms with Crippen LogP contribution in [0.5, 0.6) is 5.88 Å². The Morgan fingerprint density at radius 1 is 1.17 bits per heavy atom. The van der Waals surface area contributed by atoms with E-state index in [1.165, 1.54) is 0 Å². The first-order valence-electron chi connectivity index (χ1n) is 9.29. The Hall–Kier alpha value is -3.94. The first-order chi connectivity index (χ1) is 14.2. The maximum atomic E-state index is 6.31. The lowest BCUT2D eigenvalue weighted by Gasteiger charge is -2.21. The first kappa shape index (κ1) is 17.2. The smallest absolute Gasteiger partial charge is 0.237 e. The van der Waals surface area contributed by atoms with Crippen LogP contribution in [0.15, 0.2) is 49.1 Å². The van der Waals surface area contributed by atoms with Gasteiger partial charge in [0.25, 0.3) is 0 Å². The zero-order chi connectivity index (χ0) is 19.8. The SMILES string of the molecule is Cc1c(-c2cc(N)c3cnc(Nc4cccnc4)nc3c2)cnc2c1NCCO2.